The van der Waals surface area contributed by atoms with E-state index in [9.17, 15) is 0 Å². The molecule has 3 rings (SSSR count). The van der Waals surface area contributed by atoms with Crippen molar-refractivity contribution in [1.29, 1.82) is 0 Å². The minimum atomic E-state index is -0.844. The maximum atomic E-state index is 9.16. The fourth-order valence-corrected chi connectivity index (χ4v) is 1.14. The van der Waals surface area contributed by atoms with Crippen LogP contribution in [-0.2, 0) is 9.78 Å². The lowest BCUT2D eigenvalue weighted by molar-refractivity contribution is -0.400. The molecule has 4 nitrogen and oxygen atoms in total. The van der Waals surface area contributed by atoms with E-state index in [1.165, 1.54) is 0 Å². The molecule has 0 aromatic heterocycles. The SMILES string of the molecule is O[C@@H]1[C@H](O)[C@@H]2C=C[C@H]1OO2. The van der Waals surface area contributed by atoms with Crippen LogP contribution >= 0.6 is 0 Å². The van der Waals surface area contributed by atoms with Crippen molar-refractivity contribution in [3.05, 3.63) is 12.2 Å². The Labute approximate surface area is 57.6 Å². The molecule has 0 aromatic carbocycles. The third kappa shape index (κ3) is 0.705. The van der Waals surface area contributed by atoms with Gasteiger partial charge < -0.3 is 10.2 Å². The van der Waals surface area contributed by atoms with Gasteiger partial charge in [0.25, 0.3) is 0 Å². The van der Waals surface area contributed by atoms with Crippen LogP contribution in [0.4, 0.5) is 0 Å². The molecule has 10 heavy (non-hydrogen) atoms. The molecule has 0 unspecified atom stereocenters. The van der Waals surface area contributed by atoms with E-state index < -0.39 is 24.4 Å². The molecule has 1 saturated heterocycles. The van der Waals surface area contributed by atoms with Gasteiger partial charge in [-0.3, -0.25) is 0 Å². The molecule has 0 saturated carbocycles. The van der Waals surface area contributed by atoms with Crippen molar-refractivity contribution in [1.82, 2.24) is 0 Å². The van der Waals surface area contributed by atoms with Crippen LogP contribution in [0.15, 0.2) is 12.2 Å². The Kier molecular flexibility index (Phi) is 1.28. The summed E-state index contributed by atoms with van der Waals surface area (Å²) in [6, 6.07) is 0. The van der Waals surface area contributed by atoms with Gasteiger partial charge in [-0.1, -0.05) is 12.2 Å². The fourth-order valence-electron chi connectivity index (χ4n) is 1.14. The molecule has 3 aliphatic rings. The summed E-state index contributed by atoms with van der Waals surface area (Å²) in [5.74, 6) is 0. The second kappa shape index (κ2) is 2.03. The number of hydrogen-bond donors (Lipinski definition) is 2. The molecule has 0 spiro atoms. The summed E-state index contributed by atoms with van der Waals surface area (Å²) in [5.41, 5.74) is 0. The van der Waals surface area contributed by atoms with Gasteiger partial charge in [0.2, 0.25) is 0 Å². The van der Waals surface area contributed by atoms with Crippen molar-refractivity contribution in [2.75, 3.05) is 0 Å². The number of rotatable bonds is 0. The first-order chi connectivity index (χ1) is 4.79. The van der Waals surface area contributed by atoms with Crippen LogP contribution in [-0.4, -0.2) is 34.6 Å². The topological polar surface area (TPSA) is 58.9 Å². The zero-order valence-electron chi connectivity index (χ0n) is 5.18. The van der Waals surface area contributed by atoms with Crippen LogP contribution in [0, 0.1) is 0 Å². The predicted molar refractivity (Wildman–Crippen MR) is 30.9 cm³/mol. The van der Waals surface area contributed by atoms with Gasteiger partial charge in [0.1, 0.15) is 24.4 Å². The van der Waals surface area contributed by atoms with Crippen molar-refractivity contribution in [3.63, 3.8) is 0 Å². The molecule has 0 radical (unpaired) electrons. The van der Waals surface area contributed by atoms with E-state index in [0.29, 0.717) is 0 Å². The number of fused-ring (bicyclic) bond motifs is 2. The first-order valence-electron chi connectivity index (χ1n) is 3.15. The highest BCUT2D eigenvalue weighted by Crippen LogP contribution is 2.25. The first kappa shape index (κ1) is 6.30. The molecule has 56 valence electrons. The average molecular weight is 144 g/mol. The van der Waals surface area contributed by atoms with E-state index >= 15 is 0 Å². The highest BCUT2D eigenvalue weighted by atomic mass is 17.2. The molecule has 4 atom stereocenters. The minimum Gasteiger partial charge on any atom is -0.387 e. The molecule has 1 fully saturated rings. The first-order valence-corrected chi connectivity index (χ1v) is 3.15. The summed E-state index contributed by atoms with van der Waals surface area (Å²) in [4.78, 5) is 9.33. The van der Waals surface area contributed by atoms with Gasteiger partial charge in [-0.25, -0.2) is 9.78 Å². The fraction of sp³-hybridized carbons (Fsp3) is 0.667. The second-order valence-electron chi connectivity index (χ2n) is 2.49. The molecule has 2 heterocycles. The number of aliphatic hydroxyl groups excluding tert-OH is 2. The Morgan fingerprint density at radius 3 is 1.50 bits per heavy atom. The van der Waals surface area contributed by atoms with Crippen LogP contribution < -0.4 is 0 Å². The Bertz CT molecular complexity index is 149. The van der Waals surface area contributed by atoms with Gasteiger partial charge in [0.15, 0.2) is 0 Å². The van der Waals surface area contributed by atoms with E-state index in [-0.39, 0.29) is 0 Å². The van der Waals surface area contributed by atoms with E-state index in [1.54, 1.807) is 12.2 Å². The Morgan fingerprint density at radius 1 is 0.900 bits per heavy atom. The summed E-state index contributed by atoms with van der Waals surface area (Å²) in [7, 11) is 0. The van der Waals surface area contributed by atoms with Crippen LogP contribution in [0.5, 0.6) is 0 Å². The Morgan fingerprint density at radius 2 is 1.30 bits per heavy atom. The molecule has 1 aliphatic carbocycles. The number of aliphatic hydroxyl groups is 2. The largest absolute Gasteiger partial charge is 0.387 e. The second-order valence-corrected chi connectivity index (χ2v) is 2.49. The number of hydrogen-bond acceptors (Lipinski definition) is 4. The van der Waals surface area contributed by atoms with Crippen molar-refractivity contribution in [2.45, 2.75) is 24.4 Å². The maximum Gasteiger partial charge on any atom is 0.140 e. The van der Waals surface area contributed by atoms with E-state index in [2.05, 4.69) is 9.78 Å². The lowest BCUT2D eigenvalue weighted by Crippen LogP contribution is -2.53. The van der Waals surface area contributed by atoms with Crippen molar-refractivity contribution < 1.29 is 20.0 Å². The van der Waals surface area contributed by atoms with E-state index in [1.807, 2.05) is 0 Å². The third-order valence-corrected chi connectivity index (χ3v) is 1.79. The quantitative estimate of drug-likeness (QED) is 0.337. The van der Waals surface area contributed by atoms with Gasteiger partial charge in [-0.2, -0.15) is 0 Å². The summed E-state index contributed by atoms with van der Waals surface area (Å²) in [6.45, 7) is 0. The van der Waals surface area contributed by atoms with Gasteiger partial charge >= 0.3 is 0 Å². The summed E-state index contributed by atoms with van der Waals surface area (Å²) >= 11 is 0. The van der Waals surface area contributed by atoms with Crippen LogP contribution in [0.2, 0.25) is 0 Å². The lowest BCUT2D eigenvalue weighted by Gasteiger charge is -2.37. The van der Waals surface area contributed by atoms with Gasteiger partial charge in [0.05, 0.1) is 0 Å². The van der Waals surface area contributed by atoms with Crippen molar-refractivity contribution >= 4 is 0 Å². The monoisotopic (exact) mass is 144 g/mol. The molecule has 2 bridgehead atoms. The standard InChI is InChI=1S/C6H8O4/c7-5-3-1-2-4(6(5)8)10-9-3/h1-8H/t3-,4+,5+,6-. The van der Waals surface area contributed by atoms with Crippen molar-refractivity contribution in [2.24, 2.45) is 0 Å². The van der Waals surface area contributed by atoms with Crippen LogP contribution in [0.3, 0.4) is 0 Å². The van der Waals surface area contributed by atoms with Crippen LogP contribution in [0.1, 0.15) is 0 Å². The molecule has 2 N–H and O–H groups in total. The van der Waals surface area contributed by atoms with E-state index in [0.717, 1.165) is 0 Å². The highest BCUT2D eigenvalue weighted by molar-refractivity contribution is 5.10. The normalized spacial score (nSPS) is 51.8. The van der Waals surface area contributed by atoms with E-state index in [4.69, 9.17) is 10.2 Å². The maximum absolute atomic E-state index is 9.16. The Balaban J connectivity index is 2.25. The smallest absolute Gasteiger partial charge is 0.140 e. The third-order valence-electron chi connectivity index (χ3n) is 1.79. The van der Waals surface area contributed by atoms with Crippen molar-refractivity contribution in [3.8, 4) is 0 Å². The zero-order valence-corrected chi connectivity index (χ0v) is 5.18. The highest BCUT2D eigenvalue weighted by Gasteiger charge is 2.41. The summed E-state index contributed by atoms with van der Waals surface area (Å²) in [5, 5.41) is 18.3. The predicted octanol–water partition coefficient (Wildman–Crippen LogP) is -1.02. The minimum absolute atomic E-state index is 0.500. The van der Waals surface area contributed by atoms with Gasteiger partial charge in [-0.15, -0.1) is 0 Å². The van der Waals surface area contributed by atoms with Gasteiger partial charge in [0, 0.05) is 0 Å². The summed E-state index contributed by atoms with van der Waals surface area (Å²) < 4.78 is 0. The Hall–Kier alpha value is -0.420. The molecular weight excluding hydrogens is 136 g/mol. The molecule has 0 aromatic rings. The molecule has 2 aliphatic heterocycles. The van der Waals surface area contributed by atoms with Gasteiger partial charge in [-0.05, 0) is 0 Å². The summed E-state index contributed by atoms with van der Waals surface area (Å²) in [6.07, 6.45) is 0.685. The van der Waals surface area contributed by atoms with Crippen LogP contribution in [0.25, 0.3) is 0 Å². The average Bonchev–Trinajstić information content (AvgIpc) is 2.00. The molecule has 4 heteroatoms. The lowest BCUT2D eigenvalue weighted by atomic mass is 9.95. The molecular formula is C6H8O4. The zero-order chi connectivity index (χ0) is 7.14. The molecule has 0 amide bonds.